The monoisotopic (exact) mass is 353 g/mol. The maximum Gasteiger partial charge on any atom is 0.191 e. The number of para-hydroxylation sites is 1. The van der Waals surface area contributed by atoms with Gasteiger partial charge in [0.15, 0.2) is 11.0 Å². The first kappa shape index (κ1) is 17.2. The quantitative estimate of drug-likeness (QED) is 0.658. The predicted molar refractivity (Wildman–Crippen MR) is 98.7 cm³/mol. The Hall–Kier alpha value is -2.60. The molecule has 0 fully saturated rings. The Morgan fingerprint density at radius 3 is 2.52 bits per heavy atom. The molecule has 0 unspecified atom stereocenters. The highest BCUT2D eigenvalue weighted by atomic mass is 32.2. The van der Waals surface area contributed by atoms with Gasteiger partial charge >= 0.3 is 0 Å². The summed E-state index contributed by atoms with van der Waals surface area (Å²) in [4.78, 5) is 11.3. The van der Waals surface area contributed by atoms with Gasteiger partial charge in [-0.3, -0.25) is 4.79 Å². The molecule has 6 heteroatoms. The lowest BCUT2D eigenvalue weighted by Gasteiger charge is -2.11. The topological polar surface area (TPSA) is 68.0 Å². The van der Waals surface area contributed by atoms with Gasteiger partial charge in [0.05, 0.1) is 11.3 Å². The van der Waals surface area contributed by atoms with Crippen LogP contribution in [0.3, 0.4) is 0 Å². The Labute approximate surface area is 150 Å². The van der Waals surface area contributed by atoms with Crippen LogP contribution in [-0.2, 0) is 17.8 Å². The zero-order valence-corrected chi connectivity index (χ0v) is 14.7. The van der Waals surface area contributed by atoms with Crippen molar-refractivity contribution < 1.29 is 9.90 Å². The van der Waals surface area contributed by atoms with Gasteiger partial charge in [0.1, 0.15) is 11.5 Å². The molecule has 0 aliphatic heterocycles. The summed E-state index contributed by atoms with van der Waals surface area (Å²) in [5.41, 5.74) is 1.85. The van der Waals surface area contributed by atoms with Crippen molar-refractivity contribution in [2.75, 3.05) is 5.75 Å². The molecular weight excluding hydrogens is 334 g/mol. The molecule has 0 aliphatic rings. The lowest BCUT2D eigenvalue weighted by molar-refractivity contribution is -0.114. The van der Waals surface area contributed by atoms with Crippen LogP contribution in [0.1, 0.15) is 12.5 Å². The number of aromatic hydroxyl groups is 1. The first-order valence-corrected chi connectivity index (χ1v) is 9.01. The maximum absolute atomic E-state index is 11.3. The summed E-state index contributed by atoms with van der Waals surface area (Å²) in [7, 11) is 0. The largest absolute Gasteiger partial charge is 0.507 e. The lowest BCUT2D eigenvalue weighted by atomic mass is 10.1. The van der Waals surface area contributed by atoms with Gasteiger partial charge in [0.2, 0.25) is 0 Å². The maximum atomic E-state index is 11.3. The molecule has 3 rings (SSSR count). The highest BCUT2D eigenvalue weighted by Crippen LogP contribution is 2.30. The van der Waals surface area contributed by atoms with Crippen LogP contribution in [0.2, 0.25) is 0 Å². The Morgan fingerprint density at radius 2 is 1.80 bits per heavy atom. The number of benzene rings is 2. The van der Waals surface area contributed by atoms with E-state index in [1.165, 1.54) is 17.3 Å². The van der Waals surface area contributed by atoms with Gasteiger partial charge in [-0.05, 0) is 31.0 Å². The van der Waals surface area contributed by atoms with Gasteiger partial charge in [-0.1, -0.05) is 54.2 Å². The Kier molecular flexibility index (Phi) is 5.50. The number of phenolic OH excluding ortho intramolecular Hbond substituents is 1. The average molecular weight is 353 g/mol. The minimum Gasteiger partial charge on any atom is -0.507 e. The van der Waals surface area contributed by atoms with Crippen LogP contribution >= 0.6 is 11.8 Å². The summed E-state index contributed by atoms with van der Waals surface area (Å²) in [6.07, 6.45) is 0.813. The first-order valence-electron chi connectivity index (χ1n) is 8.03. The molecule has 1 N–H and O–H groups in total. The number of phenols is 1. The molecular formula is C19H19N3O2S. The van der Waals surface area contributed by atoms with E-state index in [4.69, 9.17) is 0 Å². The van der Waals surface area contributed by atoms with Crippen molar-refractivity contribution in [3.8, 4) is 17.1 Å². The highest BCUT2D eigenvalue weighted by Gasteiger charge is 2.17. The number of aryl methyl sites for hydroxylation is 1. The molecule has 0 atom stereocenters. The molecule has 0 aliphatic carbocycles. The first-order chi connectivity index (χ1) is 12.1. The number of hydrogen-bond acceptors (Lipinski definition) is 5. The van der Waals surface area contributed by atoms with E-state index in [9.17, 15) is 9.90 Å². The fourth-order valence-electron chi connectivity index (χ4n) is 2.51. The van der Waals surface area contributed by atoms with Crippen molar-refractivity contribution >= 4 is 17.5 Å². The summed E-state index contributed by atoms with van der Waals surface area (Å²) in [6.45, 7) is 2.22. The number of carbonyl (C=O) groups is 1. The summed E-state index contributed by atoms with van der Waals surface area (Å²) in [5.74, 6) is 1.22. The van der Waals surface area contributed by atoms with Crippen molar-refractivity contribution in [3.63, 3.8) is 0 Å². The number of aromatic nitrogens is 3. The van der Waals surface area contributed by atoms with E-state index in [1.807, 2.05) is 34.9 Å². The highest BCUT2D eigenvalue weighted by molar-refractivity contribution is 7.99. The van der Waals surface area contributed by atoms with E-state index < -0.39 is 0 Å². The van der Waals surface area contributed by atoms with E-state index >= 15 is 0 Å². The summed E-state index contributed by atoms with van der Waals surface area (Å²) >= 11 is 1.37. The van der Waals surface area contributed by atoms with Crippen LogP contribution in [0.25, 0.3) is 11.4 Å². The molecule has 5 nitrogen and oxygen atoms in total. The van der Waals surface area contributed by atoms with E-state index in [1.54, 1.807) is 19.1 Å². The minimum atomic E-state index is 0.0896. The fourth-order valence-corrected chi connectivity index (χ4v) is 3.28. The summed E-state index contributed by atoms with van der Waals surface area (Å²) in [5, 5.41) is 19.3. The van der Waals surface area contributed by atoms with Crippen molar-refractivity contribution in [2.24, 2.45) is 0 Å². The SMILES string of the molecule is CC(=O)CSc1nnc(-c2ccccc2O)n1CCc1ccccc1. The Morgan fingerprint density at radius 1 is 1.08 bits per heavy atom. The molecule has 0 radical (unpaired) electrons. The molecule has 0 amide bonds. The molecule has 1 aromatic heterocycles. The van der Waals surface area contributed by atoms with Crippen molar-refractivity contribution in [3.05, 3.63) is 60.2 Å². The lowest BCUT2D eigenvalue weighted by Crippen LogP contribution is -2.06. The van der Waals surface area contributed by atoms with E-state index in [2.05, 4.69) is 22.3 Å². The molecule has 0 bridgehead atoms. The molecule has 0 saturated heterocycles. The standard InChI is InChI=1S/C19H19N3O2S/c1-14(23)13-25-19-21-20-18(16-9-5-6-10-17(16)24)22(19)12-11-15-7-3-2-4-8-15/h2-10,24H,11-13H2,1H3. The smallest absolute Gasteiger partial charge is 0.191 e. The second kappa shape index (κ2) is 7.98. The second-order valence-corrected chi connectivity index (χ2v) is 6.64. The van der Waals surface area contributed by atoms with Gasteiger partial charge in [-0.15, -0.1) is 10.2 Å². The van der Waals surface area contributed by atoms with Crippen molar-refractivity contribution in [1.82, 2.24) is 14.8 Å². The third-order valence-corrected chi connectivity index (χ3v) is 4.84. The number of Topliss-reactive ketones (excluding diaryl/α,β-unsaturated/α-hetero) is 1. The molecule has 128 valence electrons. The number of nitrogens with zero attached hydrogens (tertiary/aromatic N) is 3. The van der Waals surface area contributed by atoms with Crippen molar-refractivity contribution in [2.45, 2.75) is 25.0 Å². The van der Waals surface area contributed by atoms with Gasteiger partial charge in [0, 0.05) is 6.54 Å². The van der Waals surface area contributed by atoms with Crippen LogP contribution < -0.4 is 0 Å². The van der Waals surface area contributed by atoms with Crippen molar-refractivity contribution in [1.29, 1.82) is 0 Å². The van der Waals surface area contributed by atoms with Crippen LogP contribution in [0, 0.1) is 0 Å². The number of thioether (sulfide) groups is 1. The zero-order chi connectivity index (χ0) is 17.6. The zero-order valence-electron chi connectivity index (χ0n) is 13.9. The van der Waals surface area contributed by atoms with Crippen LogP contribution in [0.15, 0.2) is 59.8 Å². The fraction of sp³-hybridized carbons (Fsp3) is 0.211. The van der Waals surface area contributed by atoms with Gasteiger partial charge in [-0.25, -0.2) is 0 Å². The van der Waals surface area contributed by atoms with Crippen LogP contribution in [0.5, 0.6) is 5.75 Å². The van der Waals surface area contributed by atoms with Gasteiger partial charge in [0.25, 0.3) is 0 Å². The third-order valence-electron chi connectivity index (χ3n) is 3.73. The molecule has 0 saturated carbocycles. The molecule has 25 heavy (non-hydrogen) atoms. The predicted octanol–water partition coefficient (Wildman–Crippen LogP) is 3.57. The van der Waals surface area contributed by atoms with Crippen LogP contribution in [0.4, 0.5) is 0 Å². The molecule has 3 aromatic rings. The average Bonchev–Trinajstić information content (AvgIpc) is 3.02. The number of rotatable bonds is 7. The van der Waals surface area contributed by atoms with E-state index in [-0.39, 0.29) is 11.5 Å². The Balaban J connectivity index is 1.92. The second-order valence-electron chi connectivity index (χ2n) is 5.70. The molecule has 2 aromatic carbocycles. The minimum absolute atomic E-state index is 0.0896. The summed E-state index contributed by atoms with van der Waals surface area (Å²) in [6, 6.07) is 17.2. The van der Waals surface area contributed by atoms with Crippen LogP contribution in [-0.4, -0.2) is 31.4 Å². The number of carbonyl (C=O) groups excluding carboxylic acids is 1. The number of hydrogen-bond donors (Lipinski definition) is 1. The number of ketones is 1. The van der Waals surface area contributed by atoms with E-state index in [0.717, 1.165) is 6.42 Å². The molecule has 1 heterocycles. The normalized spacial score (nSPS) is 10.8. The third kappa shape index (κ3) is 4.28. The van der Waals surface area contributed by atoms with Gasteiger partial charge < -0.3 is 9.67 Å². The summed E-state index contributed by atoms with van der Waals surface area (Å²) < 4.78 is 1.97. The van der Waals surface area contributed by atoms with E-state index in [0.29, 0.717) is 28.8 Å². The Bertz CT molecular complexity index is 862. The van der Waals surface area contributed by atoms with Gasteiger partial charge in [-0.2, -0.15) is 0 Å². The molecule has 0 spiro atoms.